The van der Waals surface area contributed by atoms with Crippen LogP contribution in [0.2, 0.25) is 0 Å². The Labute approximate surface area is 422 Å². The van der Waals surface area contributed by atoms with Crippen LogP contribution in [0.15, 0.2) is 48.9 Å². The summed E-state index contributed by atoms with van der Waals surface area (Å²) in [5, 5.41) is 6.13. The predicted octanol–water partition coefficient (Wildman–Crippen LogP) is 5.45. The number of carbonyl (C=O) groups excluding carboxylic acids is 5. The highest BCUT2D eigenvalue weighted by Gasteiger charge is 2.56. The van der Waals surface area contributed by atoms with Crippen LogP contribution in [0.4, 0.5) is 17.3 Å². The molecule has 2 aliphatic carbocycles. The number of rotatable bonds is 11. The first-order chi connectivity index (χ1) is 35.0. The minimum atomic E-state index is -0.673. The summed E-state index contributed by atoms with van der Waals surface area (Å²) in [7, 11) is 0. The van der Waals surface area contributed by atoms with E-state index in [9.17, 15) is 19.2 Å². The molecular weight excluding hydrogens is 909 g/mol. The molecule has 6 aliphatic heterocycles. The van der Waals surface area contributed by atoms with Crippen LogP contribution in [0.1, 0.15) is 120 Å². The second kappa shape index (κ2) is 19.2. The van der Waals surface area contributed by atoms with Crippen LogP contribution in [0.3, 0.4) is 0 Å². The van der Waals surface area contributed by atoms with E-state index in [1.807, 2.05) is 28.3 Å². The molecule has 3 aromatic heterocycles. The Balaban J connectivity index is 0.676. The Kier molecular flexibility index (Phi) is 12.5. The van der Waals surface area contributed by atoms with E-state index < -0.39 is 5.41 Å². The van der Waals surface area contributed by atoms with Crippen LogP contribution in [0, 0.1) is 5.92 Å². The molecule has 1 atom stereocenters. The van der Waals surface area contributed by atoms with Gasteiger partial charge in [0.15, 0.2) is 5.82 Å². The molecule has 1 aromatic carbocycles. The fraction of sp³-hybridized carbons (Fsp3) is 0.600. The van der Waals surface area contributed by atoms with Gasteiger partial charge in [-0.15, -0.1) is 0 Å². The Morgan fingerprint density at radius 2 is 1.57 bits per heavy atom. The summed E-state index contributed by atoms with van der Waals surface area (Å²) in [4.78, 5) is 94.8. The van der Waals surface area contributed by atoms with Crippen molar-refractivity contribution in [3.05, 3.63) is 60.0 Å². The molecule has 17 nitrogen and oxygen atoms in total. The third kappa shape index (κ3) is 8.81. The molecule has 2 N–H and O–H groups in total. The van der Waals surface area contributed by atoms with Gasteiger partial charge in [0.05, 0.1) is 35.4 Å². The average Bonchev–Trinajstić information content (AvgIpc) is 4.05. The lowest BCUT2D eigenvalue weighted by atomic mass is 9.73. The summed E-state index contributed by atoms with van der Waals surface area (Å²) in [5.41, 5.74) is 6.04. The number of aromatic nitrogens is 4. The molecule has 2 saturated carbocycles. The number of hydrogen-bond donors (Lipinski definition) is 2. The molecular formula is C55H70N12O5. The van der Waals surface area contributed by atoms with Crippen molar-refractivity contribution in [2.24, 2.45) is 5.92 Å². The molecule has 8 aliphatic rings. The van der Waals surface area contributed by atoms with Crippen LogP contribution in [0.25, 0.3) is 22.3 Å². The maximum Gasteiger partial charge on any atom is 0.238 e. The number of imide groups is 1. The Hall–Kier alpha value is -5.94. The summed E-state index contributed by atoms with van der Waals surface area (Å²) in [6.07, 6.45) is 15.2. The van der Waals surface area contributed by atoms with Gasteiger partial charge >= 0.3 is 0 Å². The molecule has 0 radical (unpaired) electrons. The van der Waals surface area contributed by atoms with E-state index in [4.69, 9.17) is 9.97 Å². The van der Waals surface area contributed by atoms with Crippen molar-refractivity contribution in [1.29, 1.82) is 0 Å². The summed E-state index contributed by atoms with van der Waals surface area (Å²) in [6, 6.07) is 13.9. The molecule has 0 bridgehead atoms. The zero-order valence-electron chi connectivity index (χ0n) is 42.1. The van der Waals surface area contributed by atoms with Gasteiger partial charge in [-0.25, -0.2) is 15.0 Å². The lowest BCUT2D eigenvalue weighted by Gasteiger charge is -2.48. The van der Waals surface area contributed by atoms with Gasteiger partial charge in [0, 0.05) is 106 Å². The quantitative estimate of drug-likeness (QED) is 0.182. The number of carbonyl (C=O) groups is 5. The van der Waals surface area contributed by atoms with Gasteiger partial charge in [0.2, 0.25) is 29.5 Å². The minimum Gasteiger partial charge on any atom is -0.366 e. The van der Waals surface area contributed by atoms with Gasteiger partial charge in [-0.1, -0.05) is 24.6 Å². The molecule has 12 rings (SSSR count). The third-order valence-electron chi connectivity index (χ3n) is 17.7. The first-order valence-electron chi connectivity index (χ1n) is 27.2. The van der Waals surface area contributed by atoms with Crippen molar-refractivity contribution in [3.63, 3.8) is 0 Å². The molecule has 4 aromatic rings. The van der Waals surface area contributed by atoms with Gasteiger partial charge < -0.3 is 34.4 Å². The highest BCUT2D eigenvalue weighted by molar-refractivity contribution is 6.09. The van der Waals surface area contributed by atoms with Gasteiger partial charge in [0.1, 0.15) is 11.3 Å². The first-order valence-corrected chi connectivity index (χ1v) is 27.2. The van der Waals surface area contributed by atoms with Gasteiger partial charge in [-0.05, 0) is 127 Å². The number of nitrogens with zero attached hydrogens (tertiary/aromatic N) is 10. The normalized spacial score (nSPS) is 25.3. The van der Waals surface area contributed by atoms with Crippen LogP contribution >= 0.6 is 0 Å². The number of benzene rings is 1. The molecule has 5 amide bonds. The maximum atomic E-state index is 15.2. The molecule has 5 saturated heterocycles. The van der Waals surface area contributed by atoms with Crippen LogP contribution in [-0.2, 0) is 29.4 Å². The van der Waals surface area contributed by atoms with E-state index in [1.165, 1.54) is 19.3 Å². The van der Waals surface area contributed by atoms with E-state index in [1.54, 1.807) is 6.20 Å². The number of fused-ring (bicyclic) bond motifs is 3. The highest BCUT2D eigenvalue weighted by atomic mass is 16.2. The number of amides is 5. The average molecular weight is 979 g/mol. The second-order valence-corrected chi connectivity index (χ2v) is 22.4. The molecule has 72 heavy (non-hydrogen) atoms. The van der Waals surface area contributed by atoms with Crippen LogP contribution < -0.4 is 20.4 Å². The Morgan fingerprint density at radius 3 is 2.26 bits per heavy atom. The number of anilines is 3. The molecule has 1 unspecified atom stereocenters. The highest BCUT2D eigenvalue weighted by Crippen LogP contribution is 2.52. The van der Waals surface area contributed by atoms with E-state index in [-0.39, 0.29) is 53.5 Å². The largest absolute Gasteiger partial charge is 0.366 e. The minimum absolute atomic E-state index is 0.0484. The molecule has 1 spiro atoms. The number of hydrogen-bond acceptors (Lipinski definition) is 12. The predicted molar refractivity (Wildman–Crippen MR) is 275 cm³/mol. The summed E-state index contributed by atoms with van der Waals surface area (Å²) in [5.74, 6) is 1.29. The molecule has 17 heteroatoms. The number of likely N-dealkylation sites (tertiary alicyclic amines) is 2. The van der Waals surface area contributed by atoms with Crippen molar-refractivity contribution < 1.29 is 24.0 Å². The number of piperazine rings is 1. The Bertz CT molecular complexity index is 2740. The summed E-state index contributed by atoms with van der Waals surface area (Å²) >= 11 is 0. The van der Waals surface area contributed by atoms with Crippen LogP contribution in [0.5, 0.6) is 0 Å². The topological polar surface area (TPSA) is 172 Å². The number of pyridine rings is 2. The smallest absolute Gasteiger partial charge is 0.238 e. The zero-order chi connectivity index (χ0) is 49.3. The number of imidazole rings is 1. The third-order valence-corrected chi connectivity index (χ3v) is 17.7. The zero-order valence-corrected chi connectivity index (χ0v) is 42.1. The SMILES string of the molecule is CC(C)n1cnc2cc(-c3ccc4c(c3)N([C@H]3C[C@@H](N5CCCCC5)C3)C(=O)C43CCN(C(=O)CN4CCN(C(=O)C5CCN(c6ccc(C7CCC(=O)NC7=O)cn6)CC5)CC4)CC3)nc(NC3CC3)c21. The van der Waals surface area contributed by atoms with Crippen molar-refractivity contribution in [2.45, 2.75) is 133 Å². The van der Waals surface area contributed by atoms with Gasteiger partial charge in [0.25, 0.3) is 0 Å². The van der Waals surface area contributed by atoms with Crippen molar-refractivity contribution in [2.75, 3.05) is 87.1 Å². The fourth-order valence-electron chi connectivity index (χ4n) is 13.0. The summed E-state index contributed by atoms with van der Waals surface area (Å²) in [6.45, 7) is 12.0. The lowest BCUT2D eigenvalue weighted by molar-refractivity contribution is -0.140. The lowest BCUT2D eigenvalue weighted by Crippen LogP contribution is -2.59. The Morgan fingerprint density at radius 1 is 0.806 bits per heavy atom. The fourth-order valence-corrected chi connectivity index (χ4v) is 13.0. The van der Waals surface area contributed by atoms with E-state index in [2.05, 4.69) is 77.9 Å². The van der Waals surface area contributed by atoms with E-state index in [0.29, 0.717) is 83.6 Å². The number of piperidine rings is 4. The van der Waals surface area contributed by atoms with Gasteiger partial charge in [-0.3, -0.25) is 34.2 Å². The molecule has 7 fully saturated rings. The van der Waals surface area contributed by atoms with Crippen molar-refractivity contribution in [1.82, 2.24) is 44.4 Å². The maximum absolute atomic E-state index is 15.2. The number of nitrogens with one attached hydrogen (secondary N) is 2. The molecule has 380 valence electrons. The summed E-state index contributed by atoms with van der Waals surface area (Å²) < 4.78 is 2.20. The van der Waals surface area contributed by atoms with Gasteiger partial charge in [-0.2, -0.15) is 0 Å². The van der Waals surface area contributed by atoms with Crippen molar-refractivity contribution >= 4 is 57.9 Å². The standard InChI is InChI=1S/C55H70N12O5/c1-35(2)66-34-57-45-31-44(59-51(50(45)66)58-39-8-9-39)37-6-11-43-46(28-37)67(41-29-40(30-41)62-18-4-3-5-19-62)54(72)55(43)16-22-64(23-17-55)49(69)33-61-24-26-65(27-25-61)53(71)36-14-20-63(21-15-36)47-12-7-38(32-56-47)42-10-13-48(68)60-52(42)70/h6-7,11-12,28,31-32,34-36,39-42H,3-5,8-10,13-27,29-30,33H2,1-2H3,(H,58,59)(H,60,68,70)/t40-,41+,42?. The van der Waals surface area contributed by atoms with E-state index >= 15 is 4.79 Å². The van der Waals surface area contributed by atoms with Crippen LogP contribution in [-0.4, -0.2) is 159 Å². The van der Waals surface area contributed by atoms with Crippen molar-refractivity contribution in [3.8, 4) is 11.3 Å². The van der Waals surface area contributed by atoms with E-state index in [0.717, 1.165) is 115 Å². The first kappa shape index (κ1) is 47.1. The second-order valence-electron chi connectivity index (χ2n) is 22.4. The molecule has 9 heterocycles. The monoisotopic (exact) mass is 979 g/mol.